The predicted molar refractivity (Wildman–Crippen MR) is 80.3 cm³/mol. The highest BCUT2D eigenvalue weighted by Crippen LogP contribution is 2.18. The van der Waals surface area contributed by atoms with Crippen molar-refractivity contribution < 1.29 is 0 Å². The molecule has 0 saturated carbocycles. The molecule has 92 valence electrons. The van der Waals surface area contributed by atoms with Crippen LogP contribution < -0.4 is 0 Å². The number of hydrogen-bond acceptors (Lipinski definition) is 3. The zero-order chi connectivity index (χ0) is 12.9. The Morgan fingerprint density at radius 1 is 0.842 bits per heavy atom. The van der Waals surface area contributed by atoms with E-state index in [1.807, 2.05) is 41.8 Å². The van der Waals surface area contributed by atoms with Crippen molar-refractivity contribution in [2.24, 2.45) is 4.99 Å². The molecular weight excluding hydrogens is 252 g/mol. The number of benzene rings is 2. The molecular formula is C16H12N2S. The molecule has 0 atom stereocenters. The predicted octanol–water partition coefficient (Wildman–Crippen LogP) is 4.31. The third-order valence-corrected chi connectivity index (χ3v) is 3.33. The zero-order valence-corrected chi connectivity index (χ0v) is 11.0. The highest BCUT2D eigenvalue weighted by Gasteiger charge is 2.06. The van der Waals surface area contributed by atoms with Gasteiger partial charge in [-0.2, -0.15) is 4.37 Å². The average Bonchev–Trinajstić information content (AvgIpc) is 3.00. The van der Waals surface area contributed by atoms with Crippen molar-refractivity contribution in [1.29, 1.82) is 0 Å². The van der Waals surface area contributed by atoms with Crippen molar-refractivity contribution in [3.05, 3.63) is 83.4 Å². The van der Waals surface area contributed by atoms with E-state index in [0.29, 0.717) is 0 Å². The maximum absolute atomic E-state index is 4.72. The van der Waals surface area contributed by atoms with Crippen molar-refractivity contribution in [2.75, 3.05) is 0 Å². The van der Waals surface area contributed by atoms with Gasteiger partial charge in [-0.15, -0.1) is 0 Å². The number of nitrogens with zero attached hydrogens (tertiary/aromatic N) is 2. The van der Waals surface area contributed by atoms with Gasteiger partial charge in [0.15, 0.2) is 0 Å². The van der Waals surface area contributed by atoms with Gasteiger partial charge in [-0.05, 0) is 11.5 Å². The molecule has 19 heavy (non-hydrogen) atoms. The Hall–Kier alpha value is -2.26. The van der Waals surface area contributed by atoms with Crippen LogP contribution in [0, 0.1) is 0 Å². The minimum Gasteiger partial charge on any atom is -0.245 e. The first-order valence-corrected chi connectivity index (χ1v) is 6.86. The summed E-state index contributed by atoms with van der Waals surface area (Å²) >= 11 is 1.41. The van der Waals surface area contributed by atoms with Gasteiger partial charge < -0.3 is 0 Å². The van der Waals surface area contributed by atoms with E-state index in [-0.39, 0.29) is 0 Å². The molecule has 0 aliphatic rings. The van der Waals surface area contributed by atoms with Crippen molar-refractivity contribution in [1.82, 2.24) is 4.37 Å². The van der Waals surface area contributed by atoms with Gasteiger partial charge in [-0.25, -0.2) is 4.99 Å². The summed E-state index contributed by atoms with van der Waals surface area (Å²) in [5.74, 6) is 0. The van der Waals surface area contributed by atoms with E-state index >= 15 is 0 Å². The maximum atomic E-state index is 4.72. The van der Waals surface area contributed by atoms with Gasteiger partial charge in [0.05, 0.1) is 17.6 Å². The summed E-state index contributed by atoms with van der Waals surface area (Å²) in [5.41, 5.74) is 4.09. The lowest BCUT2D eigenvalue weighted by molar-refractivity contribution is 1.46. The fourth-order valence-electron chi connectivity index (χ4n) is 1.87. The molecule has 0 aliphatic heterocycles. The first-order chi connectivity index (χ1) is 9.43. The number of aromatic nitrogens is 1. The summed E-state index contributed by atoms with van der Waals surface area (Å²) in [6.07, 6.45) is 1.79. The number of rotatable bonds is 3. The van der Waals surface area contributed by atoms with Crippen LogP contribution in [0.25, 0.3) is 0 Å². The molecule has 0 fully saturated rings. The van der Waals surface area contributed by atoms with Gasteiger partial charge in [-0.3, -0.25) is 0 Å². The fraction of sp³-hybridized carbons (Fsp3) is 0. The van der Waals surface area contributed by atoms with E-state index in [0.717, 1.165) is 22.5 Å². The lowest BCUT2D eigenvalue weighted by Gasteiger charge is -2.06. The smallest absolute Gasteiger partial charge is 0.0944 e. The molecule has 3 aromatic rings. The molecule has 0 saturated heterocycles. The summed E-state index contributed by atoms with van der Waals surface area (Å²) in [5, 5.41) is 1.95. The number of aliphatic imine (C=N–C) groups is 1. The van der Waals surface area contributed by atoms with Crippen LogP contribution in [0.5, 0.6) is 0 Å². The van der Waals surface area contributed by atoms with Gasteiger partial charge in [0.2, 0.25) is 0 Å². The fourth-order valence-corrected chi connectivity index (χ4v) is 2.32. The number of hydrogen-bond donors (Lipinski definition) is 0. The lowest BCUT2D eigenvalue weighted by atomic mass is 10.0. The largest absolute Gasteiger partial charge is 0.245 e. The highest BCUT2D eigenvalue weighted by atomic mass is 32.1. The molecule has 1 heterocycles. The Kier molecular flexibility index (Phi) is 3.47. The van der Waals surface area contributed by atoms with Crippen molar-refractivity contribution >= 4 is 22.9 Å². The molecule has 0 unspecified atom stereocenters. The first kappa shape index (κ1) is 11.8. The van der Waals surface area contributed by atoms with E-state index in [9.17, 15) is 0 Å². The second-order valence-electron chi connectivity index (χ2n) is 4.08. The van der Waals surface area contributed by atoms with Crippen LogP contribution in [-0.4, -0.2) is 10.1 Å². The second kappa shape index (κ2) is 5.59. The van der Waals surface area contributed by atoms with Crippen molar-refractivity contribution in [3.63, 3.8) is 0 Å². The molecule has 0 spiro atoms. The Balaban J connectivity index is 2.12. The van der Waals surface area contributed by atoms with Gasteiger partial charge in [0.1, 0.15) is 0 Å². The molecule has 0 N–H and O–H groups in total. The standard InChI is InChI=1S/C16H12N2S/c1-3-7-13(8-4-1)16(14-9-5-2-6-10-14)18-15-11-17-19-12-15/h1-12H. The zero-order valence-electron chi connectivity index (χ0n) is 10.2. The molecule has 1 aromatic heterocycles. The molecule has 0 radical (unpaired) electrons. The highest BCUT2D eigenvalue weighted by molar-refractivity contribution is 7.03. The Morgan fingerprint density at radius 3 is 1.89 bits per heavy atom. The van der Waals surface area contributed by atoms with Gasteiger partial charge >= 0.3 is 0 Å². The van der Waals surface area contributed by atoms with Crippen LogP contribution in [-0.2, 0) is 0 Å². The van der Waals surface area contributed by atoms with Crippen LogP contribution in [0.4, 0.5) is 5.69 Å². The van der Waals surface area contributed by atoms with Crippen LogP contribution in [0.15, 0.2) is 77.2 Å². The molecule has 0 bridgehead atoms. The molecule has 2 nitrogen and oxygen atoms in total. The molecule has 3 heteroatoms. The minimum absolute atomic E-state index is 0.896. The van der Waals surface area contributed by atoms with Gasteiger partial charge in [-0.1, -0.05) is 60.7 Å². The van der Waals surface area contributed by atoms with Crippen molar-refractivity contribution in [3.8, 4) is 0 Å². The summed E-state index contributed by atoms with van der Waals surface area (Å²) < 4.78 is 4.10. The molecule has 0 aliphatic carbocycles. The Morgan fingerprint density at radius 2 is 1.42 bits per heavy atom. The maximum Gasteiger partial charge on any atom is 0.0944 e. The minimum atomic E-state index is 0.896. The van der Waals surface area contributed by atoms with Crippen LogP contribution in [0.3, 0.4) is 0 Å². The SMILES string of the molecule is c1ccc(C(=Nc2cnsc2)c2ccccc2)cc1. The van der Waals surface area contributed by atoms with E-state index in [1.165, 1.54) is 11.5 Å². The normalized spacial score (nSPS) is 10.1. The monoisotopic (exact) mass is 264 g/mol. The van der Waals surface area contributed by atoms with E-state index in [4.69, 9.17) is 4.99 Å². The third-order valence-electron chi connectivity index (χ3n) is 2.75. The summed E-state index contributed by atoms with van der Waals surface area (Å²) in [6.45, 7) is 0. The third kappa shape index (κ3) is 2.77. The van der Waals surface area contributed by atoms with Crippen molar-refractivity contribution in [2.45, 2.75) is 0 Å². The Labute approximate surface area is 116 Å². The van der Waals surface area contributed by atoms with Crippen LogP contribution in [0.2, 0.25) is 0 Å². The van der Waals surface area contributed by atoms with E-state index in [2.05, 4.69) is 28.6 Å². The quantitative estimate of drug-likeness (QED) is 0.647. The van der Waals surface area contributed by atoms with Crippen LogP contribution >= 0.6 is 11.5 Å². The molecule has 3 rings (SSSR count). The summed E-state index contributed by atoms with van der Waals surface area (Å²) in [6, 6.07) is 20.4. The topological polar surface area (TPSA) is 25.2 Å². The van der Waals surface area contributed by atoms with Gasteiger partial charge in [0, 0.05) is 16.5 Å². The van der Waals surface area contributed by atoms with E-state index < -0.39 is 0 Å². The molecule has 0 amide bonds. The van der Waals surface area contributed by atoms with Gasteiger partial charge in [0.25, 0.3) is 0 Å². The second-order valence-corrected chi connectivity index (χ2v) is 4.73. The lowest BCUT2D eigenvalue weighted by Crippen LogP contribution is -2.02. The average molecular weight is 264 g/mol. The van der Waals surface area contributed by atoms with Crippen LogP contribution in [0.1, 0.15) is 11.1 Å². The summed E-state index contributed by atoms with van der Waals surface area (Å²) in [4.78, 5) is 4.72. The Bertz CT molecular complexity index is 617. The molecule has 2 aromatic carbocycles. The summed E-state index contributed by atoms with van der Waals surface area (Å²) in [7, 11) is 0. The van der Waals surface area contributed by atoms with E-state index in [1.54, 1.807) is 6.20 Å². The first-order valence-electron chi connectivity index (χ1n) is 6.02.